The molecule has 6 heteroatoms. The summed E-state index contributed by atoms with van der Waals surface area (Å²) in [5.41, 5.74) is 1.37. The van der Waals surface area contributed by atoms with E-state index in [2.05, 4.69) is 14.9 Å². The number of carboxylic acid groups (broad SMARTS) is 1. The van der Waals surface area contributed by atoms with E-state index in [4.69, 9.17) is 0 Å². The number of piperidine rings is 1. The minimum atomic E-state index is -0.913. The van der Waals surface area contributed by atoms with Gasteiger partial charge in [-0.2, -0.15) is 0 Å². The van der Waals surface area contributed by atoms with Crippen molar-refractivity contribution in [3.05, 3.63) is 34.4 Å². The number of carbonyl (C=O) groups is 1. The second-order valence-corrected chi connectivity index (χ2v) is 6.25. The molecule has 1 saturated heterocycles. The predicted octanol–water partition coefficient (Wildman–Crippen LogP) is 2.89. The van der Waals surface area contributed by atoms with Crippen LogP contribution in [0.15, 0.2) is 24.5 Å². The monoisotopic (exact) mass is 303 g/mol. The summed E-state index contributed by atoms with van der Waals surface area (Å²) in [6, 6.07) is 3.60. The fraction of sp³-hybridized carbons (Fsp3) is 0.400. The van der Waals surface area contributed by atoms with E-state index in [0.717, 1.165) is 30.2 Å². The molecule has 3 rings (SSSR count). The molecule has 1 aliphatic rings. The van der Waals surface area contributed by atoms with Crippen LogP contribution in [0.3, 0.4) is 0 Å². The van der Waals surface area contributed by atoms with Crippen molar-refractivity contribution < 1.29 is 9.90 Å². The molecule has 0 radical (unpaired) electrons. The molecule has 0 atom stereocenters. The normalized spacial score (nSPS) is 16.0. The van der Waals surface area contributed by atoms with E-state index in [1.807, 2.05) is 0 Å². The summed E-state index contributed by atoms with van der Waals surface area (Å²) in [5, 5.41) is 10.3. The maximum Gasteiger partial charge on any atom is 0.348 e. The molecule has 0 bridgehead atoms. The lowest BCUT2D eigenvalue weighted by molar-refractivity contribution is 0.0702. The first kappa shape index (κ1) is 14.2. The van der Waals surface area contributed by atoms with E-state index in [1.54, 1.807) is 24.5 Å². The van der Waals surface area contributed by atoms with Crippen LogP contribution in [0.25, 0.3) is 11.3 Å². The van der Waals surface area contributed by atoms with E-state index in [9.17, 15) is 9.90 Å². The molecule has 1 N–H and O–H groups in total. The standard InChI is InChI=1S/C15H17N3O2S/c19-15(20)14-13(11-4-6-16-7-5-11)17-12(21-14)10-18-8-2-1-3-9-18/h4-7H,1-3,8-10H2,(H,19,20). The van der Waals surface area contributed by atoms with Crippen LogP contribution < -0.4 is 0 Å². The van der Waals surface area contributed by atoms with Gasteiger partial charge in [0, 0.05) is 18.0 Å². The quantitative estimate of drug-likeness (QED) is 0.940. The maximum atomic E-state index is 11.4. The molecule has 3 heterocycles. The lowest BCUT2D eigenvalue weighted by Crippen LogP contribution is -2.28. The van der Waals surface area contributed by atoms with Gasteiger partial charge in [-0.3, -0.25) is 9.88 Å². The van der Waals surface area contributed by atoms with Crippen molar-refractivity contribution in [2.75, 3.05) is 13.1 Å². The van der Waals surface area contributed by atoms with Gasteiger partial charge in [0.1, 0.15) is 9.88 Å². The van der Waals surface area contributed by atoms with Gasteiger partial charge in [-0.05, 0) is 38.1 Å². The van der Waals surface area contributed by atoms with Gasteiger partial charge in [0.15, 0.2) is 0 Å². The molecular weight excluding hydrogens is 286 g/mol. The molecule has 1 aliphatic heterocycles. The third-order valence-electron chi connectivity index (χ3n) is 3.63. The number of nitrogens with zero attached hydrogens (tertiary/aromatic N) is 3. The summed E-state index contributed by atoms with van der Waals surface area (Å²) in [5.74, 6) is -0.913. The molecule has 0 saturated carbocycles. The van der Waals surface area contributed by atoms with Gasteiger partial charge in [0.25, 0.3) is 0 Å². The highest BCUT2D eigenvalue weighted by atomic mass is 32.1. The summed E-state index contributed by atoms with van der Waals surface area (Å²) in [6.07, 6.45) is 7.04. The van der Waals surface area contributed by atoms with Gasteiger partial charge in [-0.15, -0.1) is 11.3 Å². The van der Waals surface area contributed by atoms with Gasteiger partial charge in [0.05, 0.1) is 12.2 Å². The van der Waals surface area contributed by atoms with Gasteiger partial charge in [0.2, 0.25) is 0 Å². The Bertz CT molecular complexity index is 621. The zero-order chi connectivity index (χ0) is 14.7. The van der Waals surface area contributed by atoms with E-state index in [-0.39, 0.29) is 0 Å². The number of hydrogen-bond donors (Lipinski definition) is 1. The van der Waals surface area contributed by atoms with Gasteiger partial charge in [-0.1, -0.05) is 6.42 Å². The molecular formula is C15H17N3O2S. The summed E-state index contributed by atoms with van der Waals surface area (Å²) in [4.78, 5) is 22.6. The molecule has 21 heavy (non-hydrogen) atoms. The van der Waals surface area contributed by atoms with Crippen LogP contribution in [-0.2, 0) is 6.54 Å². The Kier molecular flexibility index (Phi) is 4.26. The lowest BCUT2D eigenvalue weighted by Gasteiger charge is -2.25. The van der Waals surface area contributed by atoms with Crippen molar-refractivity contribution >= 4 is 17.3 Å². The average Bonchev–Trinajstić information content (AvgIpc) is 2.93. The summed E-state index contributed by atoms with van der Waals surface area (Å²) in [7, 11) is 0. The highest BCUT2D eigenvalue weighted by Gasteiger charge is 2.20. The molecule has 110 valence electrons. The topological polar surface area (TPSA) is 66.3 Å². The SMILES string of the molecule is O=C(O)c1sc(CN2CCCCC2)nc1-c1ccncc1. The Morgan fingerprint density at radius 2 is 1.95 bits per heavy atom. The summed E-state index contributed by atoms with van der Waals surface area (Å²) < 4.78 is 0. The predicted molar refractivity (Wildman–Crippen MR) is 81.4 cm³/mol. The Hall–Kier alpha value is -1.79. The van der Waals surface area contributed by atoms with Crippen molar-refractivity contribution in [2.45, 2.75) is 25.8 Å². The van der Waals surface area contributed by atoms with Crippen molar-refractivity contribution in [3.63, 3.8) is 0 Å². The largest absolute Gasteiger partial charge is 0.477 e. The fourth-order valence-corrected chi connectivity index (χ4v) is 3.56. The first-order valence-corrected chi connectivity index (χ1v) is 7.91. The Morgan fingerprint density at radius 1 is 1.24 bits per heavy atom. The smallest absolute Gasteiger partial charge is 0.348 e. The third kappa shape index (κ3) is 3.28. The summed E-state index contributed by atoms with van der Waals surface area (Å²) >= 11 is 1.28. The minimum absolute atomic E-state index is 0.313. The zero-order valence-corrected chi connectivity index (χ0v) is 12.5. The second-order valence-electron chi connectivity index (χ2n) is 5.16. The number of aromatic carboxylic acids is 1. The highest BCUT2D eigenvalue weighted by molar-refractivity contribution is 7.14. The van der Waals surface area contributed by atoms with Gasteiger partial charge >= 0.3 is 5.97 Å². The molecule has 0 aromatic carbocycles. The minimum Gasteiger partial charge on any atom is -0.477 e. The van der Waals surface area contributed by atoms with Crippen molar-refractivity contribution in [1.82, 2.24) is 14.9 Å². The molecule has 0 amide bonds. The van der Waals surface area contributed by atoms with Gasteiger partial charge in [-0.25, -0.2) is 9.78 Å². The first-order valence-electron chi connectivity index (χ1n) is 7.10. The van der Waals surface area contributed by atoms with Crippen LogP contribution in [0.4, 0.5) is 0 Å². The Labute approximate surface area is 127 Å². The summed E-state index contributed by atoms with van der Waals surface area (Å²) in [6.45, 7) is 2.90. The molecule has 2 aromatic rings. The number of aromatic nitrogens is 2. The molecule has 0 spiro atoms. The van der Waals surface area contributed by atoms with E-state index >= 15 is 0 Å². The second kappa shape index (κ2) is 6.32. The molecule has 0 aliphatic carbocycles. The number of pyridine rings is 1. The van der Waals surface area contributed by atoms with Crippen LogP contribution >= 0.6 is 11.3 Å². The van der Waals surface area contributed by atoms with Crippen LogP contribution in [0.5, 0.6) is 0 Å². The van der Waals surface area contributed by atoms with Crippen LogP contribution in [-0.4, -0.2) is 39.0 Å². The Balaban J connectivity index is 1.87. The third-order valence-corrected chi connectivity index (χ3v) is 4.66. The number of carboxylic acids is 1. The Morgan fingerprint density at radius 3 is 2.62 bits per heavy atom. The molecule has 1 fully saturated rings. The number of hydrogen-bond acceptors (Lipinski definition) is 5. The highest BCUT2D eigenvalue weighted by Crippen LogP contribution is 2.29. The first-order chi connectivity index (χ1) is 10.2. The van der Waals surface area contributed by atoms with Gasteiger partial charge < -0.3 is 5.11 Å². The number of likely N-dealkylation sites (tertiary alicyclic amines) is 1. The van der Waals surface area contributed by atoms with Crippen molar-refractivity contribution in [1.29, 1.82) is 0 Å². The molecule has 0 unspecified atom stereocenters. The van der Waals surface area contributed by atoms with E-state index < -0.39 is 5.97 Å². The van der Waals surface area contributed by atoms with Crippen LogP contribution in [0.1, 0.15) is 33.9 Å². The lowest BCUT2D eigenvalue weighted by atomic mass is 10.1. The fourth-order valence-electron chi connectivity index (χ4n) is 2.59. The van der Waals surface area contributed by atoms with Crippen molar-refractivity contribution in [2.24, 2.45) is 0 Å². The van der Waals surface area contributed by atoms with E-state index in [0.29, 0.717) is 10.6 Å². The average molecular weight is 303 g/mol. The zero-order valence-electron chi connectivity index (χ0n) is 11.7. The number of thiazole rings is 1. The molecule has 5 nitrogen and oxygen atoms in total. The van der Waals surface area contributed by atoms with Crippen LogP contribution in [0.2, 0.25) is 0 Å². The molecule has 2 aromatic heterocycles. The maximum absolute atomic E-state index is 11.4. The van der Waals surface area contributed by atoms with Crippen LogP contribution in [0, 0.1) is 0 Å². The van der Waals surface area contributed by atoms with Crippen molar-refractivity contribution in [3.8, 4) is 11.3 Å². The number of rotatable bonds is 4. The van der Waals surface area contributed by atoms with E-state index in [1.165, 1.54) is 30.6 Å².